The van der Waals surface area contributed by atoms with Gasteiger partial charge in [0.25, 0.3) is 0 Å². The lowest BCUT2D eigenvalue weighted by Crippen LogP contribution is -2.24. The average Bonchev–Trinajstić information content (AvgIpc) is 2.14. The molecule has 0 aliphatic carbocycles. The summed E-state index contributed by atoms with van der Waals surface area (Å²) in [4.78, 5) is 8.79. The van der Waals surface area contributed by atoms with Gasteiger partial charge >= 0.3 is 0 Å². The minimum atomic E-state index is 0.0928. The van der Waals surface area contributed by atoms with E-state index in [2.05, 4.69) is 49.9 Å². The van der Waals surface area contributed by atoms with E-state index in [-0.39, 0.29) is 5.41 Å². The lowest BCUT2D eigenvalue weighted by molar-refractivity contribution is 0.541. The van der Waals surface area contributed by atoms with Crippen LogP contribution in [-0.2, 0) is 12.0 Å². The third-order valence-electron chi connectivity index (χ3n) is 2.14. The molecule has 1 aromatic heterocycles. The molecule has 3 nitrogen and oxygen atoms in total. The van der Waals surface area contributed by atoms with Gasteiger partial charge in [0, 0.05) is 23.3 Å². The molecule has 0 bridgehead atoms. The van der Waals surface area contributed by atoms with Gasteiger partial charge in [0.1, 0.15) is 5.82 Å². The topological polar surface area (TPSA) is 37.8 Å². The van der Waals surface area contributed by atoms with E-state index < -0.39 is 0 Å². The summed E-state index contributed by atoms with van der Waals surface area (Å²) in [5, 5.41) is 3.32. The molecule has 0 fully saturated rings. The molecular formula is C12H21N3. The third kappa shape index (κ3) is 3.96. The van der Waals surface area contributed by atoms with Crippen molar-refractivity contribution in [2.24, 2.45) is 0 Å². The summed E-state index contributed by atoms with van der Waals surface area (Å²) in [5.41, 5.74) is 1.19. The summed E-state index contributed by atoms with van der Waals surface area (Å²) in [7, 11) is 0. The van der Waals surface area contributed by atoms with Crippen LogP contribution in [0, 0.1) is 0 Å². The first-order valence-electron chi connectivity index (χ1n) is 5.45. The zero-order valence-electron chi connectivity index (χ0n) is 10.3. The van der Waals surface area contributed by atoms with Gasteiger partial charge < -0.3 is 5.32 Å². The van der Waals surface area contributed by atoms with Gasteiger partial charge in [-0.2, -0.15) is 0 Å². The monoisotopic (exact) mass is 207 g/mol. The molecule has 0 aliphatic heterocycles. The van der Waals surface area contributed by atoms with Crippen LogP contribution >= 0.6 is 0 Å². The van der Waals surface area contributed by atoms with Gasteiger partial charge in [-0.1, -0.05) is 34.6 Å². The van der Waals surface area contributed by atoms with Crippen LogP contribution in [0.3, 0.4) is 0 Å². The molecular weight excluding hydrogens is 186 g/mol. The number of hydrogen-bond donors (Lipinski definition) is 1. The summed E-state index contributed by atoms with van der Waals surface area (Å²) in [5.74, 6) is 0.871. The van der Waals surface area contributed by atoms with E-state index in [1.54, 1.807) is 0 Å². The predicted molar refractivity (Wildman–Crippen MR) is 62.7 cm³/mol. The third-order valence-corrected chi connectivity index (χ3v) is 2.14. The Kier molecular flexibility index (Phi) is 3.80. The Morgan fingerprint density at radius 1 is 1.33 bits per heavy atom. The summed E-state index contributed by atoms with van der Waals surface area (Å²) in [6, 6.07) is 2.45. The van der Waals surface area contributed by atoms with E-state index in [1.807, 2.05) is 12.3 Å². The minimum absolute atomic E-state index is 0.0928. The van der Waals surface area contributed by atoms with E-state index in [1.165, 1.54) is 0 Å². The maximum atomic E-state index is 4.54. The Morgan fingerprint density at radius 2 is 2.00 bits per heavy atom. The SMILES string of the molecule is CC(C)NCc1nccc(C(C)(C)C)n1. The summed E-state index contributed by atoms with van der Waals surface area (Å²) in [6.45, 7) is 11.5. The first kappa shape index (κ1) is 12.1. The first-order valence-corrected chi connectivity index (χ1v) is 5.45. The molecule has 3 heteroatoms. The second kappa shape index (κ2) is 4.71. The summed E-state index contributed by atoms with van der Waals surface area (Å²) >= 11 is 0. The Morgan fingerprint density at radius 3 is 2.53 bits per heavy atom. The highest BCUT2D eigenvalue weighted by Gasteiger charge is 2.15. The second-order valence-electron chi connectivity index (χ2n) is 5.14. The summed E-state index contributed by atoms with van der Waals surface area (Å²) in [6.07, 6.45) is 1.84. The smallest absolute Gasteiger partial charge is 0.142 e. The molecule has 0 aromatic carbocycles. The fourth-order valence-corrected chi connectivity index (χ4v) is 1.20. The van der Waals surface area contributed by atoms with E-state index in [4.69, 9.17) is 0 Å². The van der Waals surface area contributed by atoms with Crippen molar-refractivity contribution in [1.29, 1.82) is 0 Å². The quantitative estimate of drug-likeness (QED) is 0.826. The van der Waals surface area contributed by atoms with Gasteiger partial charge in [-0.3, -0.25) is 0 Å². The van der Waals surface area contributed by atoms with E-state index in [0.29, 0.717) is 6.04 Å². The van der Waals surface area contributed by atoms with E-state index >= 15 is 0 Å². The zero-order chi connectivity index (χ0) is 11.5. The van der Waals surface area contributed by atoms with E-state index in [0.717, 1.165) is 18.1 Å². The van der Waals surface area contributed by atoms with Gasteiger partial charge in [0.05, 0.1) is 6.54 Å². The molecule has 0 spiro atoms. The Hall–Kier alpha value is -0.960. The molecule has 0 saturated carbocycles. The van der Waals surface area contributed by atoms with Gasteiger partial charge in [-0.05, 0) is 6.07 Å². The fraction of sp³-hybridized carbons (Fsp3) is 0.667. The van der Waals surface area contributed by atoms with Crippen LogP contribution in [0.4, 0.5) is 0 Å². The molecule has 1 aromatic rings. The highest BCUT2D eigenvalue weighted by molar-refractivity contribution is 5.12. The first-order chi connectivity index (χ1) is 6.89. The minimum Gasteiger partial charge on any atom is -0.308 e. The molecule has 1 rings (SSSR count). The maximum absolute atomic E-state index is 4.54. The Balaban J connectivity index is 2.75. The number of hydrogen-bond acceptors (Lipinski definition) is 3. The average molecular weight is 207 g/mol. The van der Waals surface area contributed by atoms with Gasteiger partial charge in [0.2, 0.25) is 0 Å². The largest absolute Gasteiger partial charge is 0.308 e. The van der Waals surface area contributed by atoms with E-state index in [9.17, 15) is 0 Å². The molecule has 84 valence electrons. The molecule has 0 atom stereocenters. The number of nitrogens with zero attached hydrogens (tertiary/aromatic N) is 2. The van der Waals surface area contributed by atoms with Crippen molar-refractivity contribution in [2.45, 2.75) is 52.6 Å². The van der Waals surface area contributed by atoms with Crippen molar-refractivity contribution < 1.29 is 0 Å². The molecule has 0 amide bonds. The van der Waals surface area contributed by atoms with Crippen molar-refractivity contribution in [2.75, 3.05) is 0 Å². The number of nitrogens with one attached hydrogen (secondary N) is 1. The van der Waals surface area contributed by atoms with Crippen LogP contribution in [0.2, 0.25) is 0 Å². The predicted octanol–water partition coefficient (Wildman–Crippen LogP) is 2.27. The standard InChI is InChI=1S/C12H21N3/c1-9(2)14-8-11-13-7-6-10(15-11)12(3,4)5/h6-7,9,14H,8H2,1-5H3. The fourth-order valence-electron chi connectivity index (χ4n) is 1.20. The molecule has 15 heavy (non-hydrogen) atoms. The number of rotatable bonds is 3. The lowest BCUT2D eigenvalue weighted by Gasteiger charge is -2.18. The van der Waals surface area contributed by atoms with Crippen LogP contribution < -0.4 is 5.32 Å². The van der Waals surface area contributed by atoms with Gasteiger partial charge in [-0.25, -0.2) is 9.97 Å². The lowest BCUT2D eigenvalue weighted by atomic mass is 9.92. The Bertz CT molecular complexity index is 313. The molecule has 0 radical (unpaired) electrons. The molecule has 0 saturated heterocycles. The molecule has 1 N–H and O–H groups in total. The normalized spacial score (nSPS) is 12.1. The molecule has 0 unspecified atom stereocenters. The van der Waals surface area contributed by atoms with Crippen LogP contribution in [0.5, 0.6) is 0 Å². The summed E-state index contributed by atoms with van der Waals surface area (Å²) < 4.78 is 0. The highest BCUT2D eigenvalue weighted by atomic mass is 15.0. The Labute approximate surface area is 92.3 Å². The maximum Gasteiger partial charge on any atom is 0.142 e. The van der Waals surface area contributed by atoms with Crippen molar-refractivity contribution in [3.8, 4) is 0 Å². The highest BCUT2D eigenvalue weighted by Crippen LogP contribution is 2.18. The van der Waals surface area contributed by atoms with Gasteiger partial charge in [-0.15, -0.1) is 0 Å². The van der Waals surface area contributed by atoms with Crippen molar-refractivity contribution in [1.82, 2.24) is 15.3 Å². The molecule has 1 heterocycles. The molecule has 0 aliphatic rings. The van der Waals surface area contributed by atoms with Crippen molar-refractivity contribution in [3.63, 3.8) is 0 Å². The number of aromatic nitrogens is 2. The van der Waals surface area contributed by atoms with Crippen molar-refractivity contribution in [3.05, 3.63) is 23.8 Å². The van der Waals surface area contributed by atoms with Crippen LogP contribution in [0.15, 0.2) is 12.3 Å². The van der Waals surface area contributed by atoms with Crippen LogP contribution in [-0.4, -0.2) is 16.0 Å². The van der Waals surface area contributed by atoms with Crippen LogP contribution in [0.1, 0.15) is 46.1 Å². The van der Waals surface area contributed by atoms with Gasteiger partial charge in [0.15, 0.2) is 0 Å². The van der Waals surface area contributed by atoms with Crippen molar-refractivity contribution >= 4 is 0 Å². The second-order valence-corrected chi connectivity index (χ2v) is 5.14. The zero-order valence-corrected chi connectivity index (χ0v) is 10.3. The van der Waals surface area contributed by atoms with Crippen LogP contribution in [0.25, 0.3) is 0 Å².